The quantitative estimate of drug-likeness (QED) is 0.218. The van der Waals surface area contributed by atoms with E-state index in [1.54, 1.807) is 48.5 Å². The van der Waals surface area contributed by atoms with Crippen molar-refractivity contribution in [2.75, 3.05) is 26.4 Å². The molecule has 0 radical (unpaired) electrons. The minimum absolute atomic E-state index is 0.343. The van der Waals surface area contributed by atoms with E-state index in [1.165, 1.54) is 5.56 Å². The van der Waals surface area contributed by atoms with Gasteiger partial charge in [-0.3, -0.25) is 0 Å². The van der Waals surface area contributed by atoms with Crippen LogP contribution >= 0.6 is 0 Å². The summed E-state index contributed by atoms with van der Waals surface area (Å²) in [5.74, 6) is 0.100. The van der Waals surface area contributed by atoms with Gasteiger partial charge in [0.2, 0.25) is 0 Å². The molecule has 0 N–H and O–H groups in total. The first-order valence-corrected chi connectivity index (χ1v) is 11.0. The Morgan fingerprint density at radius 1 is 0.697 bits per heavy atom. The Bertz CT molecular complexity index is 997. The minimum atomic E-state index is -0.493. The van der Waals surface area contributed by atoms with E-state index in [0.29, 0.717) is 49.1 Å². The molecule has 0 atom stereocenters. The van der Waals surface area contributed by atoms with Gasteiger partial charge in [-0.25, -0.2) is 9.59 Å². The molecule has 33 heavy (non-hydrogen) atoms. The topological polar surface area (TPSA) is 71.1 Å². The number of carbonyl (C=O) groups is 2. The fraction of sp³-hybridized carbons (Fsp3) is 0.259. The Morgan fingerprint density at radius 2 is 1.33 bits per heavy atom. The molecule has 6 heteroatoms. The number of ether oxygens (including phenoxy) is 4. The summed E-state index contributed by atoms with van der Waals surface area (Å²) in [7, 11) is 0. The SMILES string of the molecule is CCOCCOc1ccc(C(=O)Oc2ccc(C(=O)OCCCc3ccccc3)cc2)cc1. The molecular weight excluding hydrogens is 420 g/mol. The molecule has 0 amide bonds. The van der Waals surface area contributed by atoms with E-state index in [1.807, 2.05) is 37.3 Å². The van der Waals surface area contributed by atoms with Gasteiger partial charge in [0.1, 0.15) is 18.1 Å². The zero-order valence-corrected chi connectivity index (χ0v) is 18.7. The summed E-state index contributed by atoms with van der Waals surface area (Å²) in [6.45, 7) is 3.87. The van der Waals surface area contributed by atoms with Crippen LogP contribution in [0.1, 0.15) is 39.6 Å². The molecule has 6 nitrogen and oxygen atoms in total. The summed E-state index contributed by atoms with van der Waals surface area (Å²) in [4.78, 5) is 24.6. The average Bonchev–Trinajstić information content (AvgIpc) is 2.86. The van der Waals surface area contributed by atoms with E-state index in [4.69, 9.17) is 18.9 Å². The van der Waals surface area contributed by atoms with Crippen molar-refractivity contribution >= 4 is 11.9 Å². The van der Waals surface area contributed by atoms with Crippen molar-refractivity contribution in [2.45, 2.75) is 19.8 Å². The summed E-state index contributed by atoms with van der Waals surface area (Å²) >= 11 is 0. The number of hydrogen-bond donors (Lipinski definition) is 0. The van der Waals surface area contributed by atoms with Crippen molar-refractivity contribution in [3.05, 3.63) is 95.6 Å². The van der Waals surface area contributed by atoms with E-state index in [-0.39, 0.29) is 0 Å². The van der Waals surface area contributed by atoms with Crippen LogP contribution in [-0.4, -0.2) is 38.4 Å². The first kappa shape index (κ1) is 24.0. The van der Waals surface area contributed by atoms with Crippen molar-refractivity contribution in [1.82, 2.24) is 0 Å². The number of aryl methyl sites for hydroxylation is 1. The van der Waals surface area contributed by atoms with Crippen LogP contribution < -0.4 is 9.47 Å². The van der Waals surface area contributed by atoms with Gasteiger partial charge in [0, 0.05) is 6.61 Å². The maximum atomic E-state index is 12.4. The molecule has 0 saturated heterocycles. The highest BCUT2D eigenvalue weighted by atomic mass is 16.5. The van der Waals surface area contributed by atoms with Crippen LogP contribution in [0.25, 0.3) is 0 Å². The summed E-state index contributed by atoms with van der Waals surface area (Å²) in [6, 6.07) is 23.1. The third-order valence-corrected chi connectivity index (χ3v) is 4.78. The first-order chi connectivity index (χ1) is 16.2. The molecule has 0 aliphatic rings. The molecule has 0 aromatic heterocycles. The van der Waals surface area contributed by atoms with Gasteiger partial charge in [-0.15, -0.1) is 0 Å². The number of carbonyl (C=O) groups excluding carboxylic acids is 2. The van der Waals surface area contributed by atoms with Gasteiger partial charge in [-0.1, -0.05) is 30.3 Å². The highest BCUT2D eigenvalue weighted by Crippen LogP contribution is 2.17. The molecule has 0 saturated carbocycles. The van der Waals surface area contributed by atoms with Crippen LogP contribution in [0.2, 0.25) is 0 Å². The Kier molecular flexibility index (Phi) is 9.48. The fourth-order valence-electron chi connectivity index (χ4n) is 3.04. The monoisotopic (exact) mass is 448 g/mol. The van der Waals surface area contributed by atoms with E-state index < -0.39 is 11.9 Å². The minimum Gasteiger partial charge on any atom is -0.491 e. The summed E-state index contributed by atoms with van der Waals surface area (Å²) in [5, 5.41) is 0. The molecule has 0 aliphatic carbocycles. The Morgan fingerprint density at radius 3 is 2.00 bits per heavy atom. The second-order valence-corrected chi connectivity index (χ2v) is 7.21. The van der Waals surface area contributed by atoms with E-state index in [0.717, 1.165) is 12.8 Å². The zero-order valence-electron chi connectivity index (χ0n) is 18.7. The van der Waals surface area contributed by atoms with Crippen LogP contribution in [0.3, 0.4) is 0 Å². The molecular formula is C27H28O6. The Balaban J connectivity index is 1.42. The third kappa shape index (κ3) is 8.09. The van der Waals surface area contributed by atoms with E-state index in [2.05, 4.69) is 0 Å². The average molecular weight is 449 g/mol. The predicted octanol–water partition coefficient (Wildman–Crippen LogP) is 5.11. The third-order valence-electron chi connectivity index (χ3n) is 4.78. The lowest BCUT2D eigenvalue weighted by atomic mass is 10.1. The molecule has 0 bridgehead atoms. The molecule has 0 heterocycles. The van der Waals surface area contributed by atoms with Gasteiger partial charge in [0.05, 0.1) is 24.3 Å². The lowest BCUT2D eigenvalue weighted by Gasteiger charge is -2.08. The summed E-state index contributed by atoms with van der Waals surface area (Å²) < 4.78 is 21.5. The van der Waals surface area contributed by atoms with Crippen molar-refractivity contribution in [3.63, 3.8) is 0 Å². The number of benzene rings is 3. The van der Waals surface area contributed by atoms with Crippen molar-refractivity contribution in [3.8, 4) is 11.5 Å². The van der Waals surface area contributed by atoms with E-state index >= 15 is 0 Å². The smallest absolute Gasteiger partial charge is 0.343 e. The van der Waals surface area contributed by atoms with Gasteiger partial charge in [-0.2, -0.15) is 0 Å². The van der Waals surface area contributed by atoms with Crippen LogP contribution in [-0.2, 0) is 15.9 Å². The van der Waals surface area contributed by atoms with Gasteiger partial charge < -0.3 is 18.9 Å². The molecule has 0 unspecified atom stereocenters. The second kappa shape index (κ2) is 13.0. The molecule has 3 aromatic carbocycles. The highest BCUT2D eigenvalue weighted by molar-refractivity contribution is 5.92. The van der Waals surface area contributed by atoms with Gasteiger partial charge in [0.25, 0.3) is 0 Å². The van der Waals surface area contributed by atoms with Gasteiger partial charge >= 0.3 is 11.9 Å². The lowest BCUT2D eigenvalue weighted by Crippen LogP contribution is -2.10. The van der Waals surface area contributed by atoms with E-state index in [9.17, 15) is 9.59 Å². The molecule has 0 spiro atoms. The largest absolute Gasteiger partial charge is 0.491 e. The fourth-order valence-corrected chi connectivity index (χ4v) is 3.04. The summed E-state index contributed by atoms with van der Waals surface area (Å²) in [6.07, 6.45) is 1.60. The van der Waals surface area contributed by atoms with Crippen LogP contribution in [0, 0.1) is 0 Å². The standard InChI is InChI=1S/C27H28O6/c1-2-30-19-20-31-24-14-10-23(11-15-24)27(29)33-25-16-12-22(13-17-25)26(28)32-18-6-9-21-7-4-3-5-8-21/h3-5,7-8,10-17H,2,6,9,18-20H2,1H3. The molecule has 172 valence electrons. The lowest BCUT2D eigenvalue weighted by molar-refractivity contribution is 0.0500. The Hall–Kier alpha value is -3.64. The van der Waals surface area contributed by atoms with Crippen LogP contribution in [0.4, 0.5) is 0 Å². The second-order valence-electron chi connectivity index (χ2n) is 7.21. The molecule has 3 rings (SSSR count). The molecule has 0 fully saturated rings. The summed E-state index contributed by atoms with van der Waals surface area (Å²) in [5.41, 5.74) is 2.01. The molecule has 0 aliphatic heterocycles. The first-order valence-electron chi connectivity index (χ1n) is 11.0. The number of esters is 2. The number of hydrogen-bond acceptors (Lipinski definition) is 6. The maximum Gasteiger partial charge on any atom is 0.343 e. The Labute approximate surface area is 194 Å². The van der Waals surface area contributed by atoms with Crippen molar-refractivity contribution < 1.29 is 28.5 Å². The zero-order chi connectivity index (χ0) is 23.3. The maximum absolute atomic E-state index is 12.4. The van der Waals surface area contributed by atoms with Crippen LogP contribution in [0.15, 0.2) is 78.9 Å². The molecule has 3 aromatic rings. The van der Waals surface area contributed by atoms with Crippen LogP contribution in [0.5, 0.6) is 11.5 Å². The number of rotatable bonds is 12. The van der Waals surface area contributed by atoms with Crippen molar-refractivity contribution in [2.24, 2.45) is 0 Å². The van der Waals surface area contributed by atoms with Crippen molar-refractivity contribution in [1.29, 1.82) is 0 Å². The predicted molar refractivity (Wildman–Crippen MR) is 125 cm³/mol. The van der Waals surface area contributed by atoms with Gasteiger partial charge in [-0.05, 0) is 73.9 Å². The normalized spacial score (nSPS) is 10.5. The van der Waals surface area contributed by atoms with Gasteiger partial charge in [0.15, 0.2) is 0 Å². The highest BCUT2D eigenvalue weighted by Gasteiger charge is 2.11.